The predicted octanol–water partition coefficient (Wildman–Crippen LogP) is 4.91. The van der Waals surface area contributed by atoms with E-state index in [0.29, 0.717) is 32.6 Å². The molecule has 0 unspecified atom stereocenters. The van der Waals surface area contributed by atoms with Crippen LogP contribution in [0.2, 0.25) is 5.02 Å². The Bertz CT molecular complexity index is 1850. The molecule has 0 N–H and O–H groups in total. The highest BCUT2D eigenvalue weighted by molar-refractivity contribution is 6.36. The van der Waals surface area contributed by atoms with Crippen LogP contribution in [0.5, 0.6) is 6.01 Å². The summed E-state index contributed by atoms with van der Waals surface area (Å²) in [6, 6.07) is 6.55. The standard InChI is InChI=1S/C32H30ClF3N8O2/c1-42-16-20(35)12-22(42)18-46-32-40-30-24(15-39-29(28(30)36)23-14-38-13-19-4-2-5-25(33)27(19)23)31(41-32)43-10-11-44(21(17-43)7-9-37)26(45)6-3-8-34/h2-6,13-15,20-22H,7-8,10-12,16-18H2,1H3/b6-3+/t20-,21+,22+/m1/s1. The van der Waals surface area contributed by atoms with Gasteiger partial charge in [-0.3, -0.25) is 19.7 Å². The van der Waals surface area contributed by atoms with Crippen molar-refractivity contribution in [3.05, 3.63) is 59.8 Å². The zero-order valence-electron chi connectivity index (χ0n) is 24.9. The molecule has 10 nitrogen and oxygen atoms in total. The number of ether oxygens (including phenoxy) is 1. The Labute approximate surface area is 268 Å². The lowest BCUT2D eigenvalue weighted by Crippen LogP contribution is -2.55. The molecule has 4 aromatic rings. The fourth-order valence-corrected chi connectivity index (χ4v) is 6.40. The number of nitrogens with zero attached hydrogens (tertiary/aromatic N) is 8. The van der Waals surface area contributed by atoms with Crippen LogP contribution in [0.15, 0.2) is 48.9 Å². The molecule has 0 radical (unpaired) electrons. The van der Waals surface area contributed by atoms with E-state index in [-0.39, 0.29) is 68.9 Å². The van der Waals surface area contributed by atoms with Crippen molar-refractivity contribution < 1.29 is 22.7 Å². The average molecular weight is 651 g/mol. The van der Waals surface area contributed by atoms with Gasteiger partial charge in [-0.25, -0.2) is 13.2 Å². The van der Waals surface area contributed by atoms with Crippen molar-refractivity contribution in [2.45, 2.75) is 31.1 Å². The summed E-state index contributed by atoms with van der Waals surface area (Å²) in [4.78, 5) is 35.8. The molecule has 2 fully saturated rings. The first kappa shape index (κ1) is 31.4. The molecule has 1 aromatic carbocycles. The predicted molar refractivity (Wildman–Crippen MR) is 168 cm³/mol. The normalized spacial score (nSPS) is 20.6. The molecule has 0 spiro atoms. The number of carbonyl (C=O) groups excluding carboxylic acids is 1. The Kier molecular flexibility index (Phi) is 9.19. The third-order valence-electron chi connectivity index (χ3n) is 8.41. The SMILES string of the molecule is CN1C[C@H](F)C[C@H]1COc1nc(N2CCN(C(=O)/C=C/CF)[C@@H](CC#N)C2)c2cnc(-c3cncc4cccc(Cl)c34)c(F)c2n1. The van der Waals surface area contributed by atoms with Crippen molar-refractivity contribution in [1.82, 2.24) is 29.7 Å². The summed E-state index contributed by atoms with van der Waals surface area (Å²) in [5, 5.41) is 11.5. The van der Waals surface area contributed by atoms with Gasteiger partial charge >= 0.3 is 6.01 Å². The first-order valence-electron chi connectivity index (χ1n) is 14.8. The Hall–Kier alpha value is -4.54. The van der Waals surface area contributed by atoms with Gasteiger partial charge in [-0.2, -0.15) is 15.2 Å². The lowest BCUT2D eigenvalue weighted by Gasteiger charge is -2.41. The van der Waals surface area contributed by atoms with E-state index in [9.17, 15) is 18.8 Å². The number of aromatic nitrogens is 4. The monoisotopic (exact) mass is 650 g/mol. The molecule has 14 heteroatoms. The lowest BCUT2D eigenvalue weighted by molar-refractivity contribution is -0.128. The number of piperazine rings is 1. The zero-order valence-corrected chi connectivity index (χ0v) is 25.7. The molecule has 6 rings (SSSR count). The Balaban J connectivity index is 1.43. The Morgan fingerprint density at radius 2 is 2.04 bits per heavy atom. The smallest absolute Gasteiger partial charge is 0.319 e. The molecule has 1 amide bonds. The fourth-order valence-electron chi connectivity index (χ4n) is 6.12. The highest BCUT2D eigenvalue weighted by atomic mass is 35.5. The molecule has 2 saturated heterocycles. The maximum Gasteiger partial charge on any atom is 0.319 e. The summed E-state index contributed by atoms with van der Waals surface area (Å²) < 4.78 is 49.3. The van der Waals surface area contributed by atoms with Gasteiger partial charge in [0.1, 0.15) is 36.5 Å². The molecular weight excluding hydrogens is 621 g/mol. The third-order valence-corrected chi connectivity index (χ3v) is 8.73. The van der Waals surface area contributed by atoms with Crippen LogP contribution in [0, 0.1) is 17.1 Å². The van der Waals surface area contributed by atoms with Gasteiger partial charge in [0.05, 0.1) is 23.9 Å². The minimum atomic E-state index is -0.977. The second kappa shape index (κ2) is 13.4. The van der Waals surface area contributed by atoms with E-state index in [0.717, 1.165) is 12.2 Å². The van der Waals surface area contributed by atoms with Crippen molar-refractivity contribution in [2.75, 3.05) is 51.4 Å². The van der Waals surface area contributed by atoms with E-state index in [4.69, 9.17) is 16.3 Å². The highest BCUT2D eigenvalue weighted by Gasteiger charge is 2.33. The summed E-state index contributed by atoms with van der Waals surface area (Å²) in [6.45, 7) is 0.271. The molecule has 46 heavy (non-hydrogen) atoms. The van der Waals surface area contributed by atoms with Gasteiger partial charge in [0.25, 0.3) is 0 Å². The topological polar surface area (TPSA) is 111 Å². The summed E-state index contributed by atoms with van der Waals surface area (Å²) in [5.74, 6) is -0.828. The molecule has 3 atom stereocenters. The Morgan fingerprint density at radius 1 is 1.20 bits per heavy atom. The van der Waals surface area contributed by atoms with Crippen LogP contribution in [0.1, 0.15) is 12.8 Å². The van der Waals surface area contributed by atoms with E-state index < -0.39 is 30.6 Å². The number of likely N-dealkylation sites (tertiary alicyclic amines) is 1. The van der Waals surface area contributed by atoms with Crippen molar-refractivity contribution in [3.8, 4) is 23.3 Å². The van der Waals surface area contributed by atoms with Crippen LogP contribution >= 0.6 is 11.6 Å². The minimum absolute atomic E-state index is 0.0116. The summed E-state index contributed by atoms with van der Waals surface area (Å²) in [5.41, 5.74) is 0.315. The third kappa shape index (κ3) is 6.15. The van der Waals surface area contributed by atoms with Crippen molar-refractivity contribution in [1.29, 1.82) is 5.26 Å². The van der Waals surface area contributed by atoms with E-state index in [1.54, 1.807) is 25.4 Å². The van der Waals surface area contributed by atoms with Crippen molar-refractivity contribution in [2.24, 2.45) is 0 Å². The number of hydrogen-bond acceptors (Lipinski definition) is 9. The van der Waals surface area contributed by atoms with Gasteiger partial charge in [0, 0.05) is 78.2 Å². The number of hydrogen-bond donors (Lipinski definition) is 0. The van der Waals surface area contributed by atoms with Crippen molar-refractivity contribution in [3.63, 3.8) is 0 Å². The van der Waals surface area contributed by atoms with E-state index in [1.165, 1.54) is 17.3 Å². The molecule has 0 saturated carbocycles. The molecular formula is C32H30ClF3N8O2. The zero-order chi connectivity index (χ0) is 32.4. The average Bonchev–Trinajstić information content (AvgIpc) is 3.38. The fraction of sp³-hybridized carbons (Fsp3) is 0.375. The minimum Gasteiger partial charge on any atom is -0.462 e. The number of benzene rings is 1. The lowest BCUT2D eigenvalue weighted by atomic mass is 10.0. The second-order valence-electron chi connectivity index (χ2n) is 11.3. The number of halogens is 4. The first-order valence-corrected chi connectivity index (χ1v) is 15.2. The maximum absolute atomic E-state index is 16.6. The van der Waals surface area contributed by atoms with Crippen molar-refractivity contribution >= 4 is 45.0 Å². The van der Waals surface area contributed by atoms with Crippen LogP contribution in [0.25, 0.3) is 32.9 Å². The second-order valence-corrected chi connectivity index (χ2v) is 11.7. The van der Waals surface area contributed by atoms with Gasteiger partial charge in [-0.1, -0.05) is 23.7 Å². The Morgan fingerprint density at radius 3 is 2.80 bits per heavy atom. The van der Waals surface area contributed by atoms with Crippen LogP contribution in [0.3, 0.4) is 0 Å². The number of alkyl halides is 2. The number of allylic oxidation sites excluding steroid dienone is 1. The van der Waals surface area contributed by atoms with Crippen LogP contribution in [-0.4, -0.2) is 100 Å². The molecule has 2 aliphatic rings. The largest absolute Gasteiger partial charge is 0.462 e. The molecule has 238 valence electrons. The molecule has 3 aromatic heterocycles. The van der Waals surface area contributed by atoms with E-state index >= 15 is 4.39 Å². The van der Waals surface area contributed by atoms with E-state index in [2.05, 4.69) is 26.0 Å². The number of pyridine rings is 2. The number of anilines is 1. The molecule has 2 aliphatic heterocycles. The number of nitriles is 1. The quantitative estimate of drug-likeness (QED) is 0.246. The number of rotatable bonds is 8. The first-order chi connectivity index (χ1) is 22.3. The number of amides is 1. The molecule has 0 bridgehead atoms. The molecule has 5 heterocycles. The van der Waals surface area contributed by atoms with Crippen LogP contribution in [0.4, 0.5) is 19.0 Å². The molecule has 0 aliphatic carbocycles. The van der Waals surface area contributed by atoms with Gasteiger partial charge in [0.2, 0.25) is 5.91 Å². The van der Waals surface area contributed by atoms with E-state index in [1.807, 2.05) is 15.9 Å². The number of carbonyl (C=O) groups is 1. The van der Waals surface area contributed by atoms with Crippen LogP contribution < -0.4 is 9.64 Å². The highest BCUT2D eigenvalue weighted by Crippen LogP contribution is 2.37. The van der Waals surface area contributed by atoms with Gasteiger partial charge in [0.15, 0.2) is 5.82 Å². The van der Waals surface area contributed by atoms with Gasteiger partial charge in [-0.15, -0.1) is 0 Å². The summed E-state index contributed by atoms with van der Waals surface area (Å²) in [6.07, 6.45) is 6.21. The van der Waals surface area contributed by atoms with Gasteiger partial charge in [-0.05, 0) is 25.6 Å². The number of likely N-dealkylation sites (N-methyl/N-ethyl adjacent to an activating group) is 1. The maximum atomic E-state index is 16.6. The summed E-state index contributed by atoms with van der Waals surface area (Å²) in [7, 11) is 1.81. The summed E-state index contributed by atoms with van der Waals surface area (Å²) >= 11 is 6.53. The van der Waals surface area contributed by atoms with Gasteiger partial charge < -0.3 is 14.5 Å². The van der Waals surface area contributed by atoms with Crippen LogP contribution in [-0.2, 0) is 4.79 Å². The number of fused-ring (bicyclic) bond motifs is 2.